The zero-order valence-corrected chi connectivity index (χ0v) is 21.0. The second-order valence-electron chi connectivity index (χ2n) is 9.20. The van der Waals surface area contributed by atoms with Gasteiger partial charge in [-0.1, -0.05) is 18.2 Å². The van der Waals surface area contributed by atoms with Gasteiger partial charge in [-0.3, -0.25) is 4.98 Å². The summed E-state index contributed by atoms with van der Waals surface area (Å²) in [5.41, 5.74) is 9.15. The number of hydrogen-bond acceptors (Lipinski definition) is 3. The van der Waals surface area contributed by atoms with Gasteiger partial charge in [0.25, 0.3) is 0 Å². The van der Waals surface area contributed by atoms with Gasteiger partial charge >= 0.3 is 0 Å². The number of benzene rings is 1. The molecule has 3 aromatic heterocycles. The molecule has 6 heteroatoms. The Morgan fingerprint density at radius 2 is 1.62 bits per heavy atom. The Morgan fingerprint density at radius 3 is 2.26 bits per heavy atom. The molecule has 4 aromatic rings. The number of nitrogens with one attached hydrogen (secondary N) is 1. The fraction of sp³-hybridized carbons (Fsp3) is 0.250. The van der Waals surface area contributed by atoms with E-state index in [4.69, 9.17) is 22.2 Å². The molecule has 0 amide bonds. The molecule has 1 N–H and O–H groups in total. The summed E-state index contributed by atoms with van der Waals surface area (Å²) in [7, 11) is 0. The van der Waals surface area contributed by atoms with Gasteiger partial charge in [-0.15, -0.1) is 0 Å². The summed E-state index contributed by atoms with van der Waals surface area (Å²) in [4.78, 5) is 11.6. The Bertz CT molecular complexity index is 1340. The van der Waals surface area contributed by atoms with Crippen molar-refractivity contribution in [2.75, 3.05) is 4.90 Å². The van der Waals surface area contributed by atoms with Crippen LogP contribution in [0.15, 0.2) is 67.0 Å². The molecule has 0 bridgehead atoms. The summed E-state index contributed by atoms with van der Waals surface area (Å²) >= 11 is 5.92. The van der Waals surface area contributed by atoms with Crippen LogP contribution < -0.4 is 10.2 Å². The van der Waals surface area contributed by atoms with E-state index in [0.717, 1.165) is 34.2 Å². The predicted molar refractivity (Wildman–Crippen MR) is 142 cm³/mol. The zero-order valence-electron chi connectivity index (χ0n) is 20.2. The van der Waals surface area contributed by atoms with E-state index in [1.807, 2.05) is 24.5 Å². The largest absolute Gasteiger partial charge is 0.351 e. The van der Waals surface area contributed by atoms with Crippen LogP contribution >= 0.6 is 12.2 Å². The molecule has 0 aliphatic carbocycles. The van der Waals surface area contributed by atoms with Crippen molar-refractivity contribution in [2.45, 2.75) is 46.7 Å². The van der Waals surface area contributed by atoms with E-state index < -0.39 is 0 Å². The van der Waals surface area contributed by atoms with Crippen LogP contribution in [-0.4, -0.2) is 19.6 Å². The Hall–Kier alpha value is -3.51. The van der Waals surface area contributed by atoms with E-state index in [1.54, 1.807) is 0 Å². The molecule has 0 unspecified atom stereocenters. The first kappa shape index (κ1) is 22.3. The van der Waals surface area contributed by atoms with Crippen molar-refractivity contribution in [3.8, 4) is 5.82 Å². The van der Waals surface area contributed by atoms with Gasteiger partial charge in [-0.05, 0) is 105 Å². The zero-order chi connectivity index (χ0) is 24.0. The van der Waals surface area contributed by atoms with E-state index in [-0.39, 0.29) is 12.1 Å². The molecule has 0 spiro atoms. The number of anilines is 1. The molecule has 1 saturated heterocycles. The average molecular weight is 468 g/mol. The number of nitrogens with zero attached hydrogens (tertiary/aromatic N) is 4. The smallest absolute Gasteiger partial charge is 0.174 e. The highest BCUT2D eigenvalue weighted by atomic mass is 32.1. The quantitative estimate of drug-likeness (QED) is 0.374. The van der Waals surface area contributed by atoms with Crippen molar-refractivity contribution in [1.29, 1.82) is 0 Å². The molecule has 0 radical (unpaired) electrons. The molecule has 2 atom stereocenters. The van der Waals surface area contributed by atoms with Crippen LogP contribution in [0.25, 0.3) is 5.82 Å². The Morgan fingerprint density at radius 1 is 0.853 bits per heavy atom. The summed E-state index contributed by atoms with van der Waals surface area (Å²) in [5, 5.41) is 4.29. The first-order valence-corrected chi connectivity index (χ1v) is 11.9. The van der Waals surface area contributed by atoms with Crippen LogP contribution in [0.1, 0.15) is 51.4 Å². The van der Waals surface area contributed by atoms with E-state index >= 15 is 0 Å². The number of hydrogen-bond donors (Lipinski definition) is 1. The van der Waals surface area contributed by atoms with Crippen LogP contribution in [0.3, 0.4) is 0 Å². The minimum absolute atomic E-state index is 0.0472. The molecule has 1 aliphatic heterocycles. The summed E-state index contributed by atoms with van der Waals surface area (Å²) in [6.07, 6.45) is 3.76. The van der Waals surface area contributed by atoms with Gasteiger partial charge < -0.3 is 14.8 Å². The van der Waals surface area contributed by atoms with E-state index in [1.165, 1.54) is 16.7 Å². The van der Waals surface area contributed by atoms with Crippen LogP contribution in [0, 0.1) is 34.6 Å². The lowest BCUT2D eigenvalue weighted by Crippen LogP contribution is -2.29. The lowest BCUT2D eigenvalue weighted by atomic mass is 9.96. The van der Waals surface area contributed by atoms with Crippen molar-refractivity contribution in [3.05, 3.63) is 106 Å². The van der Waals surface area contributed by atoms with Crippen LogP contribution in [0.2, 0.25) is 0 Å². The normalized spacial score (nSPS) is 17.8. The Kier molecular flexibility index (Phi) is 5.70. The summed E-state index contributed by atoms with van der Waals surface area (Å²) in [6.45, 7) is 10.6. The molecular weight excluding hydrogens is 438 g/mol. The van der Waals surface area contributed by atoms with Gasteiger partial charge in [0.2, 0.25) is 0 Å². The van der Waals surface area contributed by atoms with Crippen molar-refractivity contribution < 1.29 is 0 Å². The van der Waals surface area contributed by atoms with Gasteiger partial charge in [0.05, 0.1) is 17.8 Å². The van der Waals surface area contributed by atoms with Crippen molar-refractivity contribution >= 4 is 23.0 Å². The fourth-order valence-electron chi connectivity index (χ4n) is 5.07. The first-order valence-electron chi connectivity index (χ1n) is 11.5. The standard InChI is InChI=1S/C28H29N5S/c1-17-9-10-25(30-16-17)32-20(4)15-23(21(32)5)27-26(24-8-6-7-11-29-24)31-28(34)33(27)22-13-18(2)12-19(3)14-22/h6-16,26-27H,1-5H3,(H,31,34)/t26-,27-/m1/s1. The Balaban J connectivity index is 1.69. The molecule has 0 saturated carbocycles. The lowest BCUT2D eigenvalue weighted by Gasteiger charge is -2.28. The van der Waals surface area contributed by atoms with Crippen molar-refractivity contribution in [2.24, 2.45) is 0 Å². The van der Waals surface area contributed by atoms with Gasteiger partial charge in [0.15, 0.2) is 5.11 Å². The molecule has 1 aliphatic rings. The first-order chi connectivity index (χ1) is 16.3. The summed E-state index contributed by atoms with van der Waals surface area (Å²) in [5.74, 6) is 0.924. The van der Waals surface area contributed by atoms with Gasteiger partial charge in [-0.25, -0.2) is 4.98 Å². The summed E-state index contributed by atoms with van der Waals surface area (Å²) < 4.78 is 2.23. The van der Waals surface area contributed by atoms with E-state index in [9.17, 15) is 0 Å². The lowest BCUT2D eigenvalue weighted by molar-refractivity contribution is 0.565. The minimum Gasteiger partial charge on any atom is -0.351 e. The summed E-state index contributed by atoms with van der Waals surface area (Å²) in [6, 6.07) is 19.0. The maximum absolute atomic E-state index is 5.92. The number of aryl methyl sites for hydroxylation is 4. The van der Waals surface area contributed by atoms with Crippen LogP contribution in [0.4, 0.5) is 5.69 Å². The monoisotopic (exact) mass is 467 g/mol. The Labute approximate surface area is 206 Å². The van der Waals surface area contributed by atoms with E-state index in [2.05, 4.69) is 91.9 Å². The highest BCUT2D eigenvalue weighted by Gasteiger charge is 2.42. The van der Waals surface area contributed by atoms with Crippen molar-refractivity contribution in [3.63, 3.8) is 0 Å². The van der Waals surface area contributed by atoms with Gasteiger partial charge in [0.1, 0.15) is 5.82 Å². The third-order valence-corrected chi connectivity index (χ3v) is 6.81. The van der Waals surface area contributed by atoms with Gasteiger partial charge in [0, 0.05) is 29.5 Å². The molecular formula is C28H29N5S. The average Bonchev–Trinajstić information content (AvgIpc) is 3.30. The maximum Gasteiger partial charge on any atom is 0.174 e. The van der Waals surface area contributed by atoms with E-state index in [0.29, 0.717) is 5.11 Å². The third kappa shape index (κ3) is 3.88. The third-order valence-electron chi connectivity index (χ3n) is 6.50. The molecule has 172 valence electrons. The SMILES string of the molecule is Cc1ccc(-n2c(C)cc([C@@H]3[C@@H](c4ccccn4)NC(=S)N3c3cc(C)cc(C)c3)c2C)nc1. The fourth-order valence-corrected chi connectivity index (χ4v) is 5.42. The predicted octanol–water partition coefficient (Wildman–Crippen LogP) is 5.99. The van der Waals surface area contributed by atoms with Crippen molar-refractivity contribution in [1.82, 2.24) is 19.9 Å². The number of pyridine rings is 2. The molecule has 1 fully saturated rings. The second kappa shape index (κ2) is 8.69. The number of rotatable bonds is 4. The molecule has 34 heavy (non-hydrogen) atoms. The highest BCUT2D eigenvalue weighted by Crippen LogP contribution is 2.44. The number of thiocarbonyl (C=S) groups is 1. The molecule has 5 nitrogen and oxygen atoms in total. The highest BCUT2D eigenvalue weighted by molar-refractivity contribution is 7.80. The maximum atomic E-state index is 5.92. The van der Waals surface area contributed by atoms with Crippen LogP contribution in [0.5, 0.6) is 0 Å². The number of aromatic nitrogens is 3. The topological polar surface area (TPSA) is 46.0 Å². The second-order valence-corrected chi connectivity index (χ2v) is 9.58. The molecule has 5 rings (SSSR count). The minimum atomic E-state index is -0.0746. The molecule has 4 heterocycles. The molecule has 1 aromatic carbocycles. The van der Waals surface area contributed by atoms with Crippen LogP contribution in [-0.2, 0) is 0 Å². The van der Waals surface area contributed by atoms with Gasteiger partial charge in [-0.2, -0.15) is 0 Å².